The molecule has 0 nitrogen and oxygen atoms in total. The van der Waals surface area contributed by atoms with Gasteiger partial charge in [0.15, 0.2) is 0 Å². The quantitative estimate of drug-likeness (QED) is 0.569. The molecule has 18 heavy (non-hydrogen) atoms. The van der Waals surface area contributed by atoms with Crippen molar-refractivity contribution in [1.82, 2.24) is 0 Å². The summed E-state index contributed by atoms with van der Waals surface area (Å²) in [6, 6.07) is 0. The van der Waals surface area contributed by atoms with E-state index in [0.717, 1.165) is 36.0 Å². The van der Waals surface area contributed by atoms with Gasteiger partial charge in [-0.3, -0.25) is 0 Å². The maximum Gasteiger partial charge on any atom is 0.103 e. The molecule has 0 aromatic heterocycles. The van der Waals surface area contributed by atoms with Gasteiger partial charge in [0.1, 0.15) is 6.17 Å². The van der Waals surface area contributed by atoms with Gasteiger partial charge in [-0.25, -0.2) is 4.39 Å². The van der Waals surface area contributed by atoms with Gasteiger partial charge in [-0.05, 0) is 80.5 Å². The summed E-state index contributed by atoms with van der Waals surface area (Å²) in [6.45, 7) is 0. The van der Waals surface area contributed by atoms with Crippen LogP contribution in [0.2, 0.25) is 0 Å². The highest BCUT2D eigenvalue weighted by Crippen LogP contribution is 2.58. The molecule has 102 valence electrons. The first-order chi connectivity index (χ1) is 8.84. The molecule has 0 amide bonds. The SMILES string of the molecule is FC1CCC2C1CCC1C3CCCCC3CCC21. The van der Waals surface area contributed by atoms with Crippen molar-refractivity contribution in [1.29, 1.82) is 0 Å². The summed E-state index contributed by atoms with van der Waals surface area (Å²) in [6.07, 6.45) is 13.1. The summed E-state index contributed by atoms with van der Waals surface area (Å²) in [5.74, 6) is 5.25. The molecule has 0 N–H and O–H groups in total. The molecule has 7 atom stereocenters. The number of hydrogen-bond donors (Lipinski definition) is 0. The van der Waals surface area contributed by atoms with E-state index >= 15 is 0 Å². The molecule has 0 spiro atoms. The van der Waals surface area contributed by atoms with Crippen LogP contribution in [0.5, 0.6) is 0 Å². The molecule has 0 radical (unpaired) electrons. The van der Waals surface area contributed by atoms with Crippen molar-refractivity contribution < 1.29 is 4.39 Å². The van der Waals surface area contributed by atoms with E-state index in [1.54, 1.807) is 0 Å². The number of rotatable bonds is 0. The lowest BCUT2D eigenvalue weighted by molar-refractivity contribution is -0.0269. The molecule has 0 aliphatic heterocycles. The molecule has 1 heteroatoms. The summed E-state index contributed by atoms with van der Waals surface area (Å²) < 4.78 is 14.0. The normalized spacial score (nSPS) is 55.5. The second kappa shape index (κ2) is 4.49. The Bertz CT molecular complexity index is 309. The molecule has 4 aliphatic carbocycles. The van der Waals surface area contributed by atoms with Gasteiger partial charge < -0.3 is 0 Å². The third-order valence-corrected chi connectivity index (χ3v) is 7.11. The highest BCUT2D eigenvalue weighted by atomic mass is 19.1. The predicted molar refractivity (Wildman–Crippen MR) is 72.0 cm³/mol. The smallest absolute Gasteiger partial charge is 0.103 e. The van der Waals surface area contributed by atoms with Gasteiger partial charge in [-0.15, -0.1) is 0 Å². The van der Waals surface area contributed by atoms with Crippen LogP contribution in [0.3, 0.4) is 0 Å². The lowest BCUT2D eigenvalue weighted by Crippen LogP contribution is -2.44. The Hall–Kier alpha value is -0.0700. The number of halogens is 1. The highest BCUT2D eigenvalue weighted by molar-refractivity contribution is 5.00. The Labute approximate surface area is 111 Å². The minimum absolute atomic E-state index is 0.444. The van der Waals surface area contributed by atoms with Crippen molar-refractivity contribution in [2.45, 2.75) is 70.4 Å². The molecule has 0 bridgehead atoms. The molecule has 0 aromatic rings. The van der Waals surface area contributed by atoms with Crippen LogP contribution in [0.1, 0.15) is 64.2 Å². The molecule has 0 aromatic carbocycles. The fraction of sp³-hybridized carbons (Fsp3) is 1.00. The third kappa shape index (κ3) is 1.68. The standard InChI is InChI=1S/C17H27F/c18-17-10-9-15-14-6-5-11-3-1-2-4-12(11)13(14)7-8-16(15)17/h11-17H,1-10H2. The summed E-state index contributed by atoms with van der Waals surface area (Å²) in [5.41, 5.74) is 0. The lowest BCUT2D eigenvalue weighted by atomic mass is 9.54. The fourth-order valence-corrected chi connectivity index (χ4v) is 6.42. The van der Waals surface area contributed by atoms with Crippen LogP contribution >= 0.6 is 0 Å². The van der Waals surface area contributed by atoms with E-state index in [4.69, 9.17) is 0 Å². The van der Waals surface area contributed by atoms with Crippen LogP contribution in [0.25, 0.3) is 0 Å². The first kappa shape index (κ1) is 11.7. The largest absolute Gasteiger partial charge is 0.247 e. The molecule has 4 rings (SSSR count). The maximum absolute atomic E-state index is 14.0. The van der Waals surface area contributed by atoms with Crippen molar-refractivity contribution in [2.75, 3.05) is 0 Å². The van der Waals surface area contributed by atoms with Crippen molar-refractivity contribution in [3.8, 4) is 0 Å². The van der Waals surface area contributed by atoms with Crippen LogP contribution < -0.4 is 0 Å². The van der Waals surface area contributed by atoms with Crippen LogP contribution in [0, 0.1) is 35.5 Å². The van der Waals surface area contributed by atoms with Gasteiger partial charge >= 0.3 is 0 Å². The van der Waals surface area contributed by atoms with Crippen molar-refractivity contribution >= 4 is 0 Å². The molecule has 7 unspecified atom stereocenters. The van der Waals surface area contributed by atoms with E-state index in [0.29, 0.717) is 5.92 Å². The van der Waals surface area contributed by atoms with Gasteiger partial charge in [-0.2, -0.15) is 0 Å². The zero-order valence-corrected chi connectivity index (χ0v) is 11.5. The Morgan fingerprint density at radius 1 is 0.500 bits per heavy atom. The van der Waals surface area contributed by atoms with E-state index in [2.05, 4.69) is 0 Å². The molecular weight excluding hydrogens is 223 g/mol. The first-order valence-corrected chi connectivity index (χ1v) is 8.48. The van der Waals surface area contributed by atoms with E-state index in [9.17, 15) is 4.39 Å². The Morgan fingerprint density at radius 2 is 1.11 bits per heavy atom. The van der Waals surface area contributed by atoms with Gasteiger partial charge in [-0.1, -0.05) is 19.3 Å². The van der Waals surface area contributed by atoms with Crippen molar-refractivity contribution in [3.05, 3.63) is 0 Å². The highest BCUT2D eigenvalue weighted by Gasteiger charge is 2.51. The van der Waals surface area contributed by atoms with Crippen LogP contribution in [-0.4, -0.2) is 6.17 Å². The zero-order valence-electron chi connectivity index (χ0n) is 11.5. The second-order valence-electron chi connectivity index (χ2n) is 7.61. The average molecular weight is 250 g/mol. The van der Waals surface area contributed by atoms with Gasteiger partial charge in [0.2, 0.25) is 0 Å². The first-order valence-electron chi connectivity index (χ1n) is 8.48. The predicted octanol–water partition coefficient (Wildman–Crippen LogP) is 4.98. The van der Waals surface area contributed by atoms with Crippen LogP contribution in [-0.2, 0) is 0 Å². The lowest BCUT2D eigenvalue weighted by Gasteiger charge is -2.51. The molecular formula is C17H27F. The summed E-state index contributed by atoms with van der Waals surface area (Å²) in [4.78, 5) is 0. The average Bonchev–Trinajstić information content (AvgIpc) is 2.80. The van der Waals surface area contributed by atoms with E-state index in [-0.39, 0.29) is 0 Å². The van der Waals surface area contributed by atoms with Crippen LogP contribution in [0.4, 0.5) is 4.39 Å². The molecule has 4 aliphatic rings. The monoisotopic (exact) mass is 250 g/mol. The summed E-state index contributed by atoms with van der Waals surface area (Å²) >= 11 is 0. The van der Waals surface area contributed by atoms with Crippen molar-refractivity contribution in [2.24, 2.45) is 35.5 Å². The molecule has 0 saturated heterocycles. The van der Waals surface area contributed by atoms with E-state index < -0.39 is 6.17 Å². The minimum Gasteiger partial charge on any atom is -0.247 e. The fourth-order valence-electron chi connectivity index (χ4n) is 6.42. The van der Waals surface area contributed by atoms with Crippen LogP contribution in [0.15, 0.2) is 0 Å². The van der Waals surface area contributed by atoms with Crippen molar-refractivity contribution in [3.63, 3.8) is 0 Å². The van der Waals surface area contributed by atoms with E-state index in [1.807, 2.05) is 0 Å². The number of hydrogen-bond acceptors (Lipinski definition) is 0. The van der Waals surface area contributed by atoms with Gasteiger partial charge in [0, 0.05) is 0 Å². The van der Waals surface area contributed by atoms with E-state index in [1.165, 1.54) is 57.8 Å². The maximum atomic E-state index is 14.0. The summed E-state index contributed by atoms with van der Waals surface area (Å²) in [7, 11) is 0. The molecule has 0 heterocycles. The second-order valence-corrected chi connectivity index (χ2v) is 7.61. The van der Waals surface area contributed by atoms with Gasteiger partial charge in [0.25, 0.3) is 0 Å². The summed E-state index contributed by atoms with van der Waals surface area (Å²) in [5, 5.41) is 0. The Morgan fingerprint density at radius 3 is 2.06 bits per heavy atom. The van der Waals surface area contributed by atoms with Gasteiger partial charge in [0.05, 0.1) is 0 Å². The third-order valence-electron chi connectivity index (χ3n) is 7.11. The zero-order chi connectivity index (χ0) is 12.1. The molecule has 4 saturated carbocycles. The molecule has 4 fully saturated rings. The number of alkyl halides is 1. The Kier molecular flexibility index (Phi) is 2.93. The minimum atomic E-state index is -0.444. The number of fused-ring (bicyclic) bond motifs is 5. The Balaban J connectivity index is 1.55. The topological polar surface area (TPSA) is 0 Å².